The molecule has 38 heavy (non-hydrogen) atoms. The van der Waals surface area contributed by atoms with Gasteiger partial charge in [0.25, 0.3) is 0 Å². The summed E-state index contributed by atoms with van der Waals surface area (Å²) in [6.07, 6.45) is 0.132. The van der Waals surface area contributed by atoms with Gasteiger partial charge in [0.1, 0.15) is 5.75 Å². The second kappa shape index (κ2) is 9.70. The third kappa shape index (κ3) is 4.38. The Morgan fingerprint density at radius 3 is 2.29 bits per heavy atom. The Morgan fingerprint density at radius 1 is 0.895 bits per heavy atom. The minimum absolute atomic E-state index is 0.0735. The SMILES string of the molecule is CCN1C(=O)N(c2ccc(C3=CN=CCC3)c(O)c2)C(=O)N(c2ccccc2)c2cc(C(F)(F)F)ccc21. The van der Waals surface area contributed by atoms with Gasteiger partial charge in [-0.05, 0) is 67.8 Å². The van der Waals surface area contributed by atoms with Crippen LogP contribution in [0.25, 0.3) is 5.57 Å². The van der Waals surface area contributed by atoms with Gasteiger partial charge in [0, 0.05) is 30.6 Å². The number of amides is 4. The van der Waals surface area contributed by atoms with Crippen LogP contribution >= 0.6 is 0 Å². The first kappa shape index (κ1) is 25.1. The summed E-state index contributed by atoms with van der Waals surface area (Å²) in [6.45, 7) is 1.75. The number of benzene rings is 3. The molecular formula is C28H23F3N4O3. The van der Waals surface area contributed by atoms with Crippen LogP contribution in [0.15, 0.2) is 77.9 Å². The molecule has 194 valence electrons. The topological polar surface area (TPSA) is 76.5 Å². The second-order valence-electron chi connectivity index (χ2n) is 8.74. The lowest BCUT2D eigenvalue weighted by Gasteiger charge is -2.27. The van der Waals surface area contributed by atoms with Gasteiger partial charge >= 0.3 is 18.2 Å². The van der Waals surface area contributed by atoms with Gasteiger partial charge in [-0.15, -0.1) is 0 Å². The largest absolute Gasteiger partial charge is 0.507 e. The van der Waals surface area contributed by atoms with Crippen LogP contribution in [0.1, 0.15) is 30.9 Å². The summed E-state index contributed by atoms with van der Waals surface area (Å²) in [6, 6.07) is 13.9. The molecule has 0 radical (unpaired) electrons. The Balaban J connectivity index is 1.69. The van der Waals surface area contributed by atoms with E-state index in [0.717, 1.165) is 27.5 Å². The summed E-state index contributed by atoms with van der Waals surface area (Å²) in [5, 5.41) is 10.8. The van der Waals surface area contributed by atoms with Gasteiger partial charge in [-0.2, -0.15) is 13.2 Å². The Morgan fingerprint density at radius 2 is 1.66 bits per heavy atom. The molecule has 2 aliphatic rings. The molecule has 7 nitrogen and oxygen atoms in total. The zero-order valence-electron chi connectivity index (χ0n) is 20.3. The lowest BCUT2D eigenvalue weighted by atomic mass is 9.99. The maximum absolute atomic E-state index is 14.1. The molecule has 2 heterocycles. The minimum Gasteiger partial charge on any atom is -0.507 e. The van der Waals surface area contributed by atoms with Crippen molar-refractivity contribution in [3.05, 3.63) is 84.1 Å². The van der Waals surface area contributed by atoms with Crippen LogP contribution in [0.2, 0.25) is 0 Å². The molecule has 0 aliphatic carbocycles. The fourth-order valence-corrected chi connectivity index (χ4v) is 4.61. The van der Waals surface area contributed by atoms with E-state index in [2.05, 4.69) is 4.99 Å². The number of imide groups is 1. The summed E-state index contributed by atoms with van der Waals surface area (Å²) < 4.78 is 41.1. The number of phenolic OH excluding ortho intramolecular Hbond substituents is 1. The van der Waals surface area contributed by atoms with Crippen molar-refractivity contribution in [2.75, 3.05) is 21.2 Å². The van der Waals surface area contributed by atoms with Gasteiger partial charge in [0.2, 0.25) is 0 Å². The van der Waals surface area contributed by atoms with Crippen molar-refractivity contribution < 1.29 is 27.9 Å². The van der Waals surface area contributed by atoms with Crippen molar-refractivity contribution in [2.45, 2.75) is 25.9 Å². The van der Waals surface area contributed by atoms with Crippen molar-refractivity contribution in [3.8, 4) is 5.75 Å². The number of rotatable bonds is 4. The molecule has 5 rings (SSSR count). The fraction of sp³-hybridized carbons (Fsp3) is 0.179. The average Bonchev–Trinajstić information content (AvgIpc) is 2.99. The number of allylic oxidation sites excluding steroid dienone is 1. The number of nitrogens with zero attached hydrogens (tertiary/aromatic N) is 4. The van der Waals surface area contributed by atoms with Crippen LogP contribution in [-0.2, 0) is 6.18 Å². The lowest BCUT2D eigenvalue weighted by Crippen LogP contribution is -2.48. The number of phenols is 1. The van der Waals surface area contributed by atoms with Crippen molar-refractivity contribution >= 4 is 46.6 Å². The van der Waals surface area contributed by atoms with Crippen LogP contribution in [0, 0.1) is 0 Å². The standard InChI is InChI=1S/C28H23F3N4O3/c1-2-33-23-13-10-19(28(29,30)31)15-24(23)34(20-8-4-3-5-9-20)27(38)35(26(33)37)21-11-12-22(25(36)16-21)18-7-6-14-32-17-18/h3-5,8-17,36H,2,6-7H2,1H3. The summed E-state index contributed by atoms with van der Waals surface area (Å²) >= 11 is 0. The lowest BCUT2D eigenvalue weighted by molar-refractivity contribution is -0.137. The Hall–Kier alpha value is -4.60. The van der Waals surface area contributed by atoms with Crippen molar-refractivity contribution in [2.24, 2.45) is 4.99 Å². The number of urea groups is 2. The maximum atomic E-state index is 14.1. The van der Waals surface area contributed by atoms with E-state index in [-0.39, 0.29) is 35.0 Å². The number of alkyl halides is 3. The third-order valence-corrected chi connectivity index (χ3v) is 6.43. The molecule has 4 amide bonds. The highest BCUT2D eigenvalue weighted by Crippen LogP contribution is 2.44. The highest BCUT2D eigenvalue weighted by atomic mass is 19.4. The third-order valence-electron chi connectivity index (χ3n) is 6.43. The molecule has 2 aliphatic heterocycles. The number of anilines is 4. The molecule has 1 N–H and O–H groups in total. The van der Waals surface area contributed by atoms with Crippen LogP contribution in [-0.4, -0.2) is 29.9 Å². The molecule has 10 heteroatoms. The molecule has 0 saturated carbocycles. The number of hydrogen-bond donors (Lipinski definition) is 1. The van der Waals surface area contributed by atoms with E-state index < -0.39 is 23.8 Å². The molecule has 3 aromatic carbocycles. The highest BCUT2D eigenvalue weighted by molar-refractivity contribution is 6.28. The molecule has 0 unspecified atom stereocenters. The van der Waals surface area contributed by atoms with E-state index in [4.69, 9.17) is 0 Å². The molecule has 0 bridgehead atoms. The molecule has 0 aromatic heterocycles. The number of aliphatic imine (C=N–C) groups is 1. The molecule has 0 atom stereocenters. The number of carbonyl (C=O) groups is 2. The van der Waals surface area contributed by atoms with E-state index in [0.29, 0.717) is 18.4 Å². The number of para-hydroxylation sites is 1. The van der Waals surface area contributed by atoms with Crippen LogP contribution < -0.4 is 14.7 Å². The Bertz CT molecular complexity index is 1470. The predicted molar refractivity (Wildman–Crippen MR) is 140 cm³/mol. The van der Waals surface area contributed by atoms with E-state index in [1.807, 2.05) is 0 Å². The molecule has 3 aromatic rings. The summed E-state index contributed by atoms with van der Waals surface area (Å²) in [5.41, 5.74) is 0.789. The molecule has 0 saturated heterocycles. The molecule has 0 spiro atoms. The Labute approximate surface area is 216 Å². The summed E-state index contributed by atoms with van der Waals surface area (Å²) in [5.74, 6) is -0.151. The zero-order valence-corrected chi connectivity index (χ0v) is 20.3. The van der Waals surface area contributed by atoms with Crippen LogP contribution in [0.4, 0.5) is 45.5 Å². The van der Waals surface area contributed by atoms with E-state index in [9.17, 15) is 27.9 Å². The summed E-state index contributed by atoms with van der Waals surface area (Å²) in [7, 11) is 0. The number of hydrogen-bond acceptors (Lipinski definition) is 4. The van der Waals surface area contributed by atoms with Gasteiger partial charge in [0.15, 0.2) is 0 Å². The summed E-state index contributed by atoms with van der Waals surface area (Å²) in [4.78, 5) is 35.1. The number of carbonyl (C=O) groups excluding carboxylic acids is 2. The first-order valence-electron chi connectivity index (χ1n) is 12.0. The van der Waals surface area contributed by atoms with Crippen LogP contribution in [0.3, 0.4) is 0 Å². The number of halogens is 3. The first-order chi connectivity index (χ1) is 18.2. The second-order valence-corrected chi connectivity index (χ2v) is 8.74. The quantitative estimate of drug-likeness (QED) is 0.391. The van der Waals surface area contributed by atoms with E-state index in [1.165, 1.54) is 23.1 Å². The number of aromatic hydroxyl groups is 1. The number of fused-ring (bicyclic) bond motifs is 1. The maximum Gasteiger partial charge on any atom is 0.416 e. The van der Waals surface area contributed by atoms with E-state index >= 15 is 0 Å². The normalized spacial score (nSPS) is 15.9. The van der Waals surface area contributed by atoms with Gasteiger partial charge in [0.05, 0.1) is 28.3 Å². The van der Waals surface area contributed by atoms with Gasteiger partial charge in [-0.3, -0.25) is 14.8 Å². The average molecular weight is 521 g/mol. The van der Waals surface area contributed by atoms with Gasteiger partial charge < -0.3 is 5.11 Å². The Kier molecular flexibility index (Phi) is 6.40. The van der Waals surface area contributed by atoms with Crippen molar-refractivity contribution in [3.63, 3.8) is 0 Å². The van der Waals surface area contributed by atoms with Gasteiger partial charge in [-0.1, -0.05) is 18.2 Å². The molecule has 0 fully saturated rings. The highest BCUT2D eigenvalue weighted by Gasteiger charge is 2.41. The van der Waals surface area contributed by atoms with Gasteiger partial charge in [-0.25, -0.2) is 14.5 Å². The zero-order chi connectivity index (χ0) is 27.0. The van der Waals surface area contributed by atoms with Crippen LogP contribution in [0.5, 0.6) is 5.75 Å². The van der Waals surface area contributed by atoms with E-state index in [1.54, 1.807) is 55.7 Å². The monoisotopic (exact) mass is 520 g/mol. The molecular weight excluding hydrogens is 497 g/mol. The first-order valence-corrected chi connectivity index (χ1v) is 12.0. The minimum atomic E-state index is -4.66. The smallest absolute Gasteiger partial charge is 0.416 e. The fourth-order valence-electron chi connectivity index (χ4n) is 4.61. The predicted octanol–water partition coefficient (Wildman–Crippen LogP) is 7.34. The van der Waals surface area contributed by atoms with Crippen molar-refractivity contribution in [1.29, 1.82) is 0 Å². The van der Waals surface area contributed by atoms with Crippen molar-refractivity contribution in [1.82, 2.24) is 0 Å².